The van der Waals surface area contributed by atoms with Gasteiger partial charge in [-0.25, -0.2) is 0 Å². The second kappa shape index (κ2) is 50.4. The second-order valence-corrected chi connectivity index (χ2v) is 16.3. The first-order valence-electron chi connectivity index (χ1n) is 25.1. The molecule has 0 saturated carbocycles. The second-order valence-electron chi connectivity index (χ2n) is 16.3. The molecule has 1 atom stereocenters. The molecule has 0 aliphatic heterocycles. The number of rotatable bonds is 45. The number of hydrogen-bond donors (Lipinski definition) is 0. The van der Waals surface area contributed by atoms with Crippen molar-refractivity contribution in [2.75, 3.05) is 19.8 Å². The topological polar surface area (TPSA) is 61.8 Å². The largest absolute Gasteiger partial charge is 0.462 e. The first-order valence-corrected chi connectivity index (χ1v) is 25.1. The molecule has 0 radical (unpaired) electrons. The smallest absolute Gasteiger partial charge is 0.306 e. The summed E-state index contributed by atoms with van der Waals surface area (Å²) in [7, 11) is 0. The number of carbonyl (C=O) groups is 2. The van der Waals surface area contributed by atoms with E-state index >= 15 is 0 Å². The van der Waals surface area contributed by atoms with Crippen LogP contribution < -0.4 is 0 Å². The fraction of sp³-hybridized carbons (Fsp3) is 0.709. The van der Waals surface area contributed by atoms with Crippen molar-refractivity contribution in [2.45, 2.75) is 232 Å². The van der Waals surface area contributed by atoms with Crippen molar-refractivity contribution in [1.82, 2.24) is 0 Å². The molecule has 0 bridgehead atoms. The SMILES string of the molecule is CC/C=C\C/C=C\C/C=C\C/C=C\C/C=C\CCCCOCC(COC(=O)CCCCCCCCCCC/C=C\C/C=C\CCCCC)OC(=O)CCCCCCCCC. The summed E-state index contributed by atoms with van der Waals surface area (Å²) in [5.74, 6) is -0.433. The predicted molar refractivity (Wildman–Crippen MR) is 260 cm³/mol. The molecule has 5 heteroatoms. The fourth-order valence-corrected chi connectivity index (χ4v) is 6.68. The highest BCUT2D eigenvalue weighted by Gasteiger charge is 2.17. The van der Waals surface area contributed by atoms with Gasteiger partial charge < -0.3 is 14.2 Å². The van der Waals surface area contributed by atoms with E-state index in [1.807, 2.05) is 0 Å². The van der Waals surface area contributed by atoms with Crippen LogP contribution in [-0.4, -0.2) is 37.9 Å². The highest BCUT2D eigenvalue weighted by Crippen LogP contribution is 2.14. The van der Waals surface area contributed by atoms with Gasteiger partial charge in [0.15, 0.2) is 6.10 Å². The van der Waals surface area contributed by atoms with E-state index in [9.17, 15) is 9.59 Å². The average molecular weight is 835 g/mol. The van der Waals surface area contributed by atoms with E-state index in [4.69, 9.17) is 14.2 Å². The summed E-state index contributed by atoms with van der Waals surface area (Å²) < 4.78 is 17.3. The highest BCUT2D eigenvalue weighted by atomic mass is 16.6. The van der Waals surface area contributed by atoms with E-state index in [1.54, 1.807) is 0 Å². The molecular formula is C55H94O5. The van der Waals surface area contributed by atoms with Gasteiger partial charge in [-0.2, -0.15) is 0 Å². The lowest BCUT2D eigenvalue weighted by atomic mass is 10.1. The van der Waals surface area contributed by atoms with Crippen LogP contribution in [0.15, 0.2) is 85.1 Å². The molecule has 0 rings (SSSR count). The molecule has 0 aliphatic rings. The molecule has 0 spiro atoms. The first kappa shape index (κ1) is 57.1. The number of carbonyl (C=O) groups excluding carboxylic acids is 2. The normalized spacial score (nSPS) is 12.9. The lowest BCUT2D eigenvalue weighted by Gasteiger charge is -2.18. The Hall–Kier alpha value is -2.92. The first-order chi connectivity index (χ1) is 29.6. The van der Waals surface area contributed by atoms with Crippen LogP contribution in [0.25, 0.3) is 0 Å². The molecule has 0 aliphatic carbocycles. The van der Waals surface area contributed by atoms with E-state index < -0.39 is 6.10 Å². The van der Waals surface area contributed by atoms with Crippen LogP contribution in [0, 0.1) is 0 Å². The summed E-state index contributed by atoms with van der Waals surface area (Å²) >= 11 is 0. The summed E-state index contributed by atoms with van der Waals surface area (Å²) in [5, 5.41) is 0. The molecule has 0 heterocycles. The summed E-state index contributed by atoms with van der Waals surface area (Å²) in [4.78, 5) is 25.2. The maximum Gasteiger partial charge on any atom is 0.306 e. The Labute approximate surface area is 371 Å². The zero-order valence-electron chi connectivity index (χ0n) is 39.5. The van der Waals surface area contributed by atoms with Crippen LogP contribution in [0.3, 0.4) is 0 Å². The zero-order chi connectivity index (χ0) is 43.5. The molecule has 0 aromatic heterocycles. The van der Waals surface area contributed by atoms with E-state index in [1.165, 1.54) is 96.3 Å². The lowest BCUT2D eigenvalue weighted by molar-refractivity contribution is -0.163. The Bertz CT molecular complexity index is 1130. The minimum Gasteiger partial charge on any atom is -0.462 e. The molecule has 0 aromatic carbocycles. The molecule has 5 nitrogen and oxygen atoms in total. The average Bonchev–Trinajstić information content (AvgIpc) is 3.25. The van der Waals surface area contributed by atoms with Crippen molar-refractivity contribution in [1.29, 1.82) is 0 Å². The van der Waals surface area contributed by atoms with Crippen molar-refractivity contribution in [2.24, 2.45) is 0 Å². The Morgan fingerprint density at radius 1 is 0.383 bits per heavy atom. The standard InChI is InChI=1S/C55H94O5/c1-4-7-10-13-16-18-20-22-24-26-28-29-31-33-35-37-40-42-45-48-54(56)59-52-53(60-55(57)49-46-43-39-15-12-9-6-3)51-58-50-47-44-41-38-36-34-32-30-27-25-23-21-19-17-14-11-8-5-2/h8,11,16-19,22-25,30,32,36,38,53H,4-7,9-10,12-15,20-21,26-29,31,33-35,37,39-52H2,1-3H3/b11-8-,18-16-,19-17-,24-22-,25-23-,32-30-,38-36-. The lowest BCUT2D eigenvalue weighted by Crippen LogP contribution is -2.30. The van der Waals surface area contributed by atoms with E-state index in [-0.39, 0.29) is 25.2 Å². The molecular weight excluding hydrogens is 741 g/mol. The zero-order valence-corrected chi connectivity index (χ0v) is 39.5. The Balaban J connectivity index is 4.20. The number of esters is 2. The van der Waals surface area contributed by atoms with Gasteiger partial charge in [-0.05, 0) is 96.3 Å². The number of unbranched alkanes of at least 4 members (excludes halogenated alkanes) is 20. The van der Waals surface area contributed by atoms with Gasteiger partial charge in [0.2, 0.25) is 0 Å². The highest BCUT2D eigenvalue weighted by molar-refractivity contribution is 5.70. The van der Waals surface area contributed by atoms with Gasteiger partial charge in [0.05, 0.1) is 6.61 Å². The van der Waals surface area contributed by atoms with E-state index in [2.05, 4.69) is 106 Å². The van der Waals surface area contributed by atoms with Gasteiger partial charge in [-0.15, -0.1) is 0 Å². The summed E-state index contributed by atoms with van der Waals surface area (Å²) in [6.07, 6.45) is 66.1. The number of ether oxygens (including phenoxy) is 3. The monoisotopic (exact) mass is 835 g/mol. The fourth-order valence-electron chi connectivity index (χ4n) is 6.68. The van der Waals surface area contributed by atoms with Crippen molar-refractivity contribution < 1.29 is 23.8 Å². The van der Waals surface area contributed by atoms with Crippen molar-refractivity contribution in [3.8, 4) is 0 Å². The minimum atomic E-state index is -0.560. The molecule has 0 amide bonds. The van der Waals surface area contributed by atoms with E-state index in [0.717, 1.165) is 96.3 Å². The third-order valence-corrected chi connectivity index (χ3v) is 10.4. The van der Waals surface area contributed by atoms with Crippen LogP contribution in [0.2, 0.25) is 0 Å². The van der Waals surface area contributed by atoms with Gasteiger partial charge in [0.25, 0.3) is 0 Å². The third-order valence-electron chi connectivity index (χ3n) is 10.4. The van der Waals surface area contributed by atoms with E-state index in [0.29, 0.717) is 19.4 Å². The molecule has 0 fully saturated rings. The number of allylic oxidation sites excluding steroid dienone is 14. The Morgan fingerprint density at radius 2 is 0.750 bits per heavy atom. The maximum atomic E-state index is 12.7. The molecule has 0 N–H and O–H groups in total. The summed E-state index contributed by atoms with van der Waals surface area (Å²) in [6, 6.07) is 0. The van der Waals surface area contributed by atoms with Crippen LogP contribution in [0.4, 0.5) is 0 Å². The van der Waals surface area contributed by atoms with Crippen molar-refractivity contribution in [3.63, 3.8) is 0 Å². The van der Waals surface area contributed by atoms with Gasteiger partial charge >= 0.3 is 11.9 Å². The Kier molecular flexibility index (Phi) is 48.0. The van der Waals surface area contributed by atoms with Gasteiger partial charge in [0.1, 0.15) is 6.61 Å². The summed E-state index contributed by atoms with van der Waals surface area (Å²) in [6.45, 7) is 7.55. The minimum absolute atomic E-state index is 0.0631. The molecule has 1 unspecified atom stereocenters. The quantitative estimate of drug-likeness (QED) is 0.0347. The van der Waals surface area contributed by atoms with Crippen LogP contribution in [0.1, 0.15) is 226 Å². The third kappa shape index (κ3) is 47.8. The van der Waals surface area contributed by atoms with Crippen LogP contribution >= 0.6 is 0 Å². The molecule has 0 saturated heterocycles. The molecule has 60 heavy (non-hydrogen) atoms. The van der Waals surface area contributed by atoms with Gasteiger partial charge in [-0.3, -0.25) is 9.59 Å². The molecule has 0 aromatic rings. The Morgan fingerprint density at radius 3 is 1.23 bits per heavy atom. The van der Waals surface area contributed by atoms with Crippen LogP contribution in [0.5, 0.6) is 0 Å². The van der Waals surface area contributed by atoms with Crippen molar-refractivity contribution in [3.05, 3.63) is 85.1 Å². The maximum absolute atomic E-state index is 12.7. The van der Waals surface area contributed by atoms with Gasteiger partial charge in [0, 0.05) is 19.4 Å². The van der Waals surface area contributed by atoms with Crippen molar-refractivity contribution >= 4 is 11.9 Å². The number of hydrogen-bond acceptors (Lipinski definition) is 5. The van der Waals surface area contributed by atoms with Gasteiger partial charge in [-0.1, -0.05) is 202 Å². The predicted octanol–water partition coefficient (Wildman–Crippen LogP) is 16.9. The summed E-state index contributed by atoms with van der Waals surface area (Å²) in [5.41, 5.74) is 0. The van der Waals surface area contributed by atoms with Crippen LogP contribution in [-0.2, 0) is 23.8 Å². The molecule has 344 valence electrons.